The summed E-state index contributed by atoms with van der Waals surface area (Å²) in [5.74, 6) is -0.364. The predicted octanol–water partition coefficient (Wildman–Crippen LogP) is 4.87. The van der Waals surface area contributed by atoms with Gasteiger partial charge >= 0.3 is 14.8 Å². The predicted molar refractivity (Wildman–Crippen MR) is 112 cm³/mol. The van der Waals surface area contributed by atoms with E-state index in [4.69, 9.17) is 18.0 Å². The lowest BCUT2D eigenvalue weighted by molar-refractivity contribution is -0.139. The van der Waals surface area contributed by atoms with Crippen molar-refractivity contribution in [3.63, 3.8) is 0 Å². The van der Waals surface area contributed by atoms with Crippen LogP contribution in [0.1, 0.15) is 39.7 Å². The van der Waals surface area contributed by atoms with Gasteiger partial charge in [0, 0.05) is 31.4 Å². The molecule has 0 fully saturated rings. The van der Waals surface area contributed by atoms with Gasteiger partial charge in [0.25, 0.3) is 0 Å². The highest BCUT2D eigenvalue weighted by Gasteiger charge is 2.39. The molecule has 0 aliphatic heterocycles. The molecule has 5 nitrogen and oxygen atoms in total. The first-order valence-electron chi connectivity index (χ1n) is 9.36. The van der Waals surface area contributed by atoms with E-state index in [1.165, 1.54) is 5.56 Å². The van der Waals surface area contributed by atoms with Gasteiger partial charge in [-0.3, -0.25) is 0 Å². The third kappa shape index (κ3) is 11.6. The normalized spacial score (nSPS) is 10.5. The Hall–Kier alpha value is -1.73. The van der Waals surface area contributed by atoms with E-state index in [2.05, 4.69) is 13.2 Å². The van der Waals surface area contributed by atoms with E-state index in [1.807, 2.05) is 57.2 Å². The molecule has 0 N–H and O–H groups in total. The molecule has 0 spiro atoms. The second kappa shape index (κ2) is 15.3. The molecule has 0 aromatic heterocycles. The number of carbonyl (C=O) groups excluding carboxylic acids is 1. The van der Waals surface area contributed by atoms with Gasteiger partial charge in [-0.15, -0.1) is 0 Å². The highest BCUT2D eigenvalue weighted by Crippen LogP contribution is 2.18. The zero-order valence-corrected chi connectivity index (χ0v) is 18.2. The van der Waals surface area contributed by atoms with E-state index in [0.717, 1.165) is 0 Å². The molecule has 6 heteroatoms. The van der Waals surface area contributed by atoms with Crippen molar-refractivity contribution in [3.05, 3.63) is 54.6 Å². The highest BCUT2D eigenvalue weighted by molar-refractivity contribution is 6.60. The zero-order chi connectivity index (χ0) is 20.5. The number of ether oxygens (including phenoxy) is 1. The van der Waals surface area contributed by atoms with Crippen molar-refractivity contribution in [1.29, 1.82) is 0 Å². The van der Waals surface area contributed by atoms with E-state index in [9.17, 15) is 4.79 Å². The molecule has 0 unspecified atom stereocenters. The van der Waals surface area contributed by atoms with Crippen molar-refractivity contribution in [1.82, 2.24) is 0 Å². The van der Waals surface area contributed by atoms with Gasteiger partial charge in [0.05, 0.1) is 6.61 Å². The first-order chi connectivity index (χ1) is 12.9. The molecule has 0 aliphatic rings. The first kappa shape index (κ1) is 25.3. The summed E-state index contributed by atoms with van der Waals surface area (Å²) in [7, 11) is -2.61. The molecule has 27 heavy (non-hydrogen) atoms. The summed E-state index contributed by atoms with van der Waals surface area (Å²) < 4.78 is 22.2. The second-order valence-electron chi connectivity index (χ2n) is 5.62. The summed E-state index contributed by atoms with van der Waals surface area (Å²) in [6, 6.07) is 10.7. The van der Waals surface area contributed by atoms with Gasteiger partial charge in [-0.25, -0.2) is 4.79 Å². The molecule has 152 valence electrons. The Morgan fingerprint density at radius 3 is 1.93 bits per heavy atom. The van der Waals surface area contributed by atoms with Crippen LogP contribution in [0.25, 0.3) is 6.08 Å². The summed E-state index contributed by atoms with van der Waals surface area (Å²) in [5.41, 5.74) is 1.58. The Kier molecular flexibility index (Phi) is 14.4. The highest BCUT2D eigenvalue weighted by atomic mass is 28.4. The SMILES string of the molecule is C=C(C)C(=O)OCCC[Si](OCC)(OCC)OCC.C=Cc1ccccc1. The molecular formula is C21H34O5Si. The Morgan fingerprint density at radius 1 is 1.04 bits per heavy atom. The van der Waals surface area contributed by atoms with Crippen molar-refractivity contribution in [2.24, 2.45) is 0 Å². The molecule has 0 aliphatic carbocycles. The minimum absolute atomic E-state index is 0.327. The maximum absolute atomic E-state index is 11.2. The molecule has 0 radical (unpaired) electrons. The lowest BCUT2D eigenvalue weighted by Gasteiger charge is -2.28. The van der Waals surface area contributed by atoms with Crippen LogP contribution in [0.3, 0.4) is 0 Å². The molecule has 0 amide bonds. The minimum Gasteiger partial charge on any atom is -0.462 e. The number of esters is 1. The maximum atomic E-state index is 11.2. The van der Waals surface area contributed by atoms with E-state index >= 15 is 0 Å². The minimum atomic E-state index is -2.61. The average molecular weight is 395 g/mol. The third-order valence-corrected chi connectivity index (χ3v) is 6.49. The number of hydrogen-bond donors (Lipinski definition) is 0. The molecule has 1 aromatic carbocycles. The fourth-order valence-corrected chi connectivity index (χ4v) is 4.75. The molecule has 0 atom stereocenters. The van der Waals surface area contributed by atoms with Gasteiger partial charge in [-0.1, -0.05) is 49.6 Å². The van der Waals surface area contributed by atoms with Crippen molar-refractivity contribution < 1.29 is 22.8 Å². The smallest absolute Gasteiger partial charge is 0.462 e. The summed E-state index contributed by atoms with van der Waals surface area (Å²) in [6.45, 7) is 16.5. The van der Waals surface area contributed by atoms with Crippen LogP contribution in [0.5, 0.6) is 0 Å². The molecule has 1 aromatic rings. The number of rotatable bonds is 12. The van der Waals surface area contributed by atoms with Crippen LogP contribution in [0.15, 0.2) is 49.1 Å². The fraction of sp³-hybridized carbons (Fsp3) is 0.476. The first-order valence-corrected chi connectivity index (χ1v) is 11.3. The van der Waals surface area contributed by atoms with Gasteiger partial charge < -0.3 is 18.0 Å². The molecule has 0 saturated carbocycles. The van der Waals surface area contributed by atoms with Gasteiger partial charge in [0.1, 0.15) is 0 Å². The fourth-order valence-electron chi connectivity index (χ4n) is 2.17. The van der Waals surface area contributed by atoms with E-state index in [0.29, 0.717) is 44.5 Å². The third-order valence-electron chi connectivity index (χ3n) is 3.34. The van der Waals surface area contributed by atoms with E-state index in [-0.39, 0.29) is 5.97 Å². The largest absolute Gasteiger partial charge is 0.501 e. The maximum Gasteiger partial charge on any atom is 0.501 e. The molecule has 0 bridgehead atoms. The average Bonchev–Trinajstić information content (AvgIpc) is 2.67. The topological polar surface area (TPSA) is 54.0 Å². The summed E-state index contributed by atoms with van der Waals surface area (Å²) in [4.78, 5) is 11.2. The van der Waals surface area contributed by atoms with Gasteiger partial charge in [-0.2, -0.15) is 0 Å². The molecular weight excluding hydrogens is 360 g/mol. The number of carbonyl (C=O) groups is 1. The lowest BCUT2D eigenvalue weighted by Crippen LogP contribution is -2.46. The Balaban J connectivity index is 0.000000694. The van der Waals surface area contributed by atoms with Crippen molar-refractivity contribution in [2.45, 2.75) is 40.2 Å². The summed E-state index contributed by atoms with van der Waals surface area (Å²) >= 11 is 0. The van der Waals surface area contributed by atoms with E-state index < -0.39 is 8.80 Å². The Bertz CT molecular complexity index is 528. The molecule has 0 saturated heterocycles. The zero-order valence-electron chi connectivity index (χ0n) is 17.2. The Morgan fingerprint density at radius 2 is 1.56 bits per heavy atom. The van der Waals surface area contributed by atoms with Crippen LogP contribution >= 0.6 is 0 Å². The van der Waals surface area contributed by atoms with Gasteiger partial charge in [0.2, 0.25) is 0 Å². The van der Waals surface area contributed by atoms with Crippen molar-refractivity contribution in [2.75, 3.05) is 26.4 Å². The Labute approximate surface area is 165 Å². The van der Waals surface area contributed by atoms with Gasteiger partial charge in [0.15, 0.2) is 0 Å². The van der Waals surface area contributed by atoms with E-state index in [1.54, 1.807) is 6.92 Å². The van der Waals surface area contributed by atoms with Crippen molar-refractivity contribution >= 4 is 20.8 Å². The number of benzene rings is 1. The summed E-state index contributed by atoms with van der Waals surface area (Å²) in [5, 5.41) is 0. The molecule has 0 heterocycles. The second-order valence-corrected chi connectivity index (χ2v) is 8.35. The van der Waals surface area contributed by atoms with Crippen LogP contribution < -0.4 is 0 Å². The quantitative estimate of drug-likeness (QED) is 0.219. The van der Waals surface area contributed by atoms with Crippen LogP contribution in [0, 0.1) is 0 Å². The number of hydrogen-bond acceptors (Lipinski definition) is 5. The molecule has 1 rings (SSSR count). The van der Waals surface area contributed by atoms with Crippen LogP contribution in [-0.2, 0) is 22.8 Å². The van der Waals surface area contributed by atoms with Gasteiger partial charge in [-0.05, 0) is 39.7 Å². The lowest BCUT2D eigenvalue weighted by atomic mass is 10.2. The standard InChI is InChI=1S/C13H26O5Si.C8H8/c1-6-16-19(17-7-2,18-8-3)11-9-10-15-13(14)12(4)5;1-2-8-6-4-3-5-7-8/h4,6-11H2,1-3,5H3;2-7H,1H2. The van der Waals surface area contributed by atoms with Crippen molar-refractivity contribution in [3.8, 4) is 0 Å². The van der Waals surface area contributed by atoms with Crippen LogP contribution in [-0.4, -0.2) is 41.2 Å². The summed E-state index contributed by atoms with van der Waals surface area (Å²) in [6.07, 6.45) is 2.49. The van der Waals surface area contributed by atoms with Crippen LogP contribution in [0.4, 0.5) is 0 Å². The monoisotopic (exact) mass is 394 g/mol. The van der Waals surface area contributed by atoms with Crippen LogP contribution in [0.2, 0.25) is 6.04 Å².